The molecule has 0 spiro atoms. The summed E-state index contributed by atoms with van der Waals surface area (Å²) in [6.45, 7) is 9.49. The molecular formula is C15H23N3O4S. The molecule has 0 radical (unpaired) electrons. The lowest BCUT2D eigenvalue weighted by Gasteiger charge is -2.36. The Bertz CT molecular complexity index is 567. The molecule has 8 heteroatoms. The van der Waals surface area contributed by atoms with Gasteiger partial charge < -0.3 is 14.4 Å². The van der Waals surface area contributed by atoms with Gasteiger partial charge in [0.05, 0.1) is 19.5 Å². The fourth-order valence-corrected chi connectivity index (χ4v) is 2.97. The zero-order valence-electron chi connectivity index (χ0n) is 14.0. The van der Waals surface area contributed by atoms with Gasteiger partial charge in [0, 0.05) is 13.1 Å². The Kier molecular flexibility index (Phi) is 5.46. The zero-order valence-corrected chi connectivity index (χ0v) is 14.8. The summed E-state index contributed by atoms with van der Waals surface area (Å²) in [5.41, 5.74) is -0.516. The molecule has 0 aromatic carbocycles. The Morgan fingerprint density at radius 2 is 2.09 bits per heavy atom. The average Bonchev–Trinajstić information content (AvgIpc) is 2.96. The van der Waals surface area contributed by atoms with Gasteiger partial charge in [0.2, 0.25) is 0 Å². The van der Waals surface area contributed by atoms with Crippen molar-refractivity contribution >= 4 is 28.5 Å². The summed E-state index contributed by atoms with van der Waals surface area (Å²) in [5, 5.41) is 0.710. The van der Waals surface area contributed by atoms with Crippen molar-refractivity contribution in [2.24, 2.45) is 0 Å². The minimum absolute atomic E-state index is 0.329. The van der Waals surface area contributed by atoms with Gasteiger partial charge in [0.25, 0.3) is 0 Å². The van der Waals surface area contributed by atoms with E-state index in [1.165, 1.54) is 17.5 Å². The number of hydrogen-bond acceptors (Lipinski definition) is 7. The van der Waals surface area contributed by atoms with E-state index in [2.05, 4.69) is 4.98 Å². The van der Waals surface area contributed by atoms with Gasteiger partial charge in [-0.3, -0.25) is 4.90 Å². The second-order valence-corrected chi connectivity index (χ2v) is 7.24. The van der Waals surface area contributed by atoms with Crippen molar-refractivity contribution in [2.45, 2.75) is 39.7 Å². The van der Waals surface area contributed by atoms with E-state index in [-0.39, 0.29) is 12.1 Å². The topological polar surface area (TPSA) is 72.0 Å². The van der Waals surface area contributed by atoms with Crippen molar-refractivity contribution in [3.8, 4) is 0 Å². The van der Waals surface area contributed by atoms with E-state index in [0.29, 0.717) is 29.8 Å². The SMILES string of the molecule is CCOC(=O)c1cnc(N2CCCN(C(=O)OC(C)(C)C)C2)s1. The maximum atomic E-state index is 12.2. The summed E-state index contributed by atoms with van der Waals surface area (Å²) in [5.74, 6) is -0.364. The lowest BCUT2D eigenvalue weighted by molar-refractivity contribution is 0.0225. The van der Waals surface area contributed by atoms with Crippen LogP contribution in [0, 0.1) is 0 Å². The predicted molar refractivity (Wildman–Crippen MR) is 87.8 cm³/mol. The minimum atomic E-state index is -0.516. The van der Waals surface area contributed by atoms with Crippen LogP contribution in [0.3, 0.4) is 0 Å². The van der Waals surface area contributed by atoms with Crippen LogP contribution in [-0.2, 0) is 9.47 Å². The second kappa shape index (κ2) is 7.16. The van der Waals surface area contributed by atoms with E-state index in [9.17, 15) is 9.59 Å². The smallest absolute Gasteiger partial charge is 0.411 e. The third-order valence-electron chi connectivity index (χ3n) is 3.09. The normalized spacial score (nSPS) is 15.5. The molecule has 0 N–H and O–H groups in total. The fourth-order valence-electron chi connectivity index (χ4n) is 2.14. The average molecular weight is 341 g/mol. The van der Waals surface area contributed by atoms with E-state index >= 15 is 0 Å². The van der Waals surface area contributed by atoms with E-state index in [0.717, 1.165) is 13.0 Å². The van der Waals surface area contributed by atoms with E-state index in [1.807, 2.05) is 25.7 Å². The molecule has 1 saturated heterocycles. The largest absolute Gasteiger partial charge is 0.462 e. The standard InChI is InChI=1S/C15H23N3O4S/c1-5-21-12(19)11-9-16-13(23-11)17-7-6-8-18(10-17)14(20)22-15(2,3)4/h9H,5-8,10H2,1-4H3. The first-order chi connectivity index (χ1) is 10.8. The summed E-state index contributed by atoms with van der Waals surface area (Å²) >= 11 is 1.28. The molecule has 2 heterocycles. The summed E-state index contributed by atoms with van der Waals surface area (Å²) in [6.07, 6.45) is 2.02. The Morgan fingerprint density at radius 3 is 2.74 bits per heavy atom. The first-order valence-electron chi connectivity index (χ1n) is 7.66. The van der Waals surface area contributed by atoms with Gasteiger partial charge >= 0.3 is 12.1 Å². The summed E-state index contributed by atoms with van der Waals surface area (Å²) in [7, 11) is 0. The highest BCUT2D eigenvalue weighted by Crippen LogP contribution is 2.25. The number of esters is 1. The number of ether oxygens (including phenoxy) is 2. The van der Waals surface area contributed by atoms with Crippen molar-refractivity contribution in [1.82, 2.24) is 9.88 Å². The van der Waals surface area contributed by atoms with E-state index in [4.69, 9.17) is 9.47 Å². The molecule has 1 fully saturated rings. The molecule has 2 rings (SSSR count). The van der Waals surface area contributed by atoms with Crippen molar-refractivity contribution in [2.75, 3.05) is 31.3 Å². The van der Waals surface area contributed by atoms with Gasteiger partial charge in [0.15, 0.2) is 5.13 Å². The quantitative estimate of drug-likeness (QED) is 0.787. The van der Waals surface area contributed by atoms with Crippen LogP contribution in [0.5, 0.6) is 0 Å². The van der Waals surface area contributed by atoms with Crippen LogP contribution in [0.25, 0.3) is 0 Å². The van der Waals surface area contributed by atoms with E-state index < -0.39 is 5.60 Å². The van der Waals surface area contributed by atoms with Gasteiger partial charge in [-0.1, -0.05) is 11.3 Å². The number of anilines is 1. The molecule has 7 nitrogen and oxygen atoms in total. The molecule has 1 aliphatic heterocycles. The van der Waals surface area contributed by atoms with Crippen LogP contribution in [0.2, 0.25) is 0 Å². The Labute approximate surface area is 140 Å². The Morgan fingerprint density at radius 1 is 1.35 bits per heavy atom. The van der Waals surface area contributed by atoms with Crippen LogP contribution in [0.4, 0.5) is 9.93 Å². The number of rotatable bonds is 3. The first kappa shape index (κ1) is 17.5. The molecule has 1 aromatic rings. The van der Waals surface area contributed by atoms with Crippen LogP contribution >= 0.6 is 11.3 Å². The van der Waals surface area contributed by atoms with Crippen LogP contribution in [-0.4, -0.2) is 53.9 Å². The van der Waals surface area contributed by atoms with Crippen LogP contribution in [0.15, 0.2) is 6.20 Å². The maximum Gasteiger partial charge on any atom is 0.411 e. The van der Waals surface area contributed by atoms with Crippen LogP contribution < -0.4 is 4.90 Å². The molecule has 1 aliphatic rings. The monoisotopic (exact) mass is 341 g/mol. The van der Waals surface area contributed by atoms with Crippen LogP contribution in [0.1, 0.15) is 43.8 Å². The zero-order chi connectivity index (χ0) is 17.0. The molecule has 0 saturated carbocycles. The van der Waals surface area contributed by atoms with Crippen molar-refractivity contribution < 1.29 is 19.1 Å². The number of thiazole rings is 1. The molecule has 0 atom stereocenters. The summed E-state index contributed by atoms with van der Waals surface area (Å²) in [6, 6.07) is 0. The fraction of sp³-hybridized carbons (Fsp3) is 0.667. The van der Waals surface area contributed by atoms with Crippen molar-refractivity contribution in [3.05, 3.63) is 11.1 Å². The molecule has 23 heavy (non-hydrogen) atoms. The number of hydrogen-bond donors (Lipinski definition) is 0. The second-order valence-electron chi connectivity index (χ2n) is 6.23. The molecule has 0 unspecified atom stereocenters. The molecule has 1 amide bonds. The number of nitrogens with zero attached hydrogens (tertiary/aromatic N) is 3. The minimum Gasteiger partial charge on any atom is -0.462 e. The molecule has 128 valence electrons. The van der Waals surface area contributed by atoms with Gasteiger partial charge in [-0.15, -0.1) is 0 Å². The highest BCUT2D eigenvalue weighted by molar-refractivity contribution is 7.17. The summed E-state index contributed by atoms with van der Waals surface area (Å²) < 4.78 is 10.4. The van der Waals surface area contributed by atoms with Gasteiger partial charge in [-0.05, 0) is 34.1 Å². The van der Waals surface area contributed by atoms with Gasteiger partial charge in [-0.25, -0.2) is 14.6 Å². The number of carbonyl (C=O) groups excluding carboxylic acids is 2. The van der Waals surface area contributed by atoms with Gasteiger partial charge in [-0.2, -0.15) is 0 Å². The first-order valence-corrected chi connectivity index (χ1v) is 8.47. The lowest BCUT2D eigenvalue weighted by Crippen LogP contribution is -2.49. The maximum absolute atomic E-state index is 12.2. The van der Waals surface area contributed by atoms with Crippen molar-refractivity contribution in [3.63, 3.8) is 0 Å². The van der Waals surface area contributed by atoms with Crippen molar-refractivity contribution in [1.29, 1.82) is 0 Å². The Hall–Kier alpha value is -1.83. The van der Waals surface area contributed by atoms with E-state index in [1.54, 1.807) is 11.8 Å². The van der Waals surface area contributed by atoms with Gasteiger partial charge in [0.1, 0.15) is 10.5 Å². The molecule has 0 bridgehead atoms. The Balaban J connectivity index is 2.01. The highest BCUT2D eigenvalue weighted by Gasteiger charge is 2.28. The summed E-state index contributed by atoms with van der Waals surface area (Å²) in [4.78, 5) is 32.3. The highest BCUT2D eigenvalue weighted by atomic mass is 32.1. The third-order valence-corrected chi connectivity index (χ3v) is 4.13. The molecule has 0 aliphatic carbocycles. The lowest BCUT2D eigenvalue weighted by atomic mass is 10.2. The molecule has 1 aromatic heterocycles. The third kappa shape index (κ3) is 4.82. The number of amides is 1. The predicted octanol–water partition coefficient (Wildman–Crippen LogP) is 2.72. The number of carbonyl (C=O) groups is 2. The number of aromatic nitrogens is 1. The molecular weight excluding hydrogens is 318 g/mol.